The fourth-order valence-electron chi connectivity index (χ4n) is 6.47. The summed E-state index contributed by atoms with van der Waals surface area (Å²) in [4.78, 5) is 102. The normalized spacial score (nSPS) is 14.1. The summed E-state index contributed by atoms with van der Waals surface area (Å²) in [6.07, 6.45) is 2.95. The SMILES string of the molecule is CC(C)(C)[C@H](c1cc(-c2cc(F)ccc2F)cn1Cc1ccccc1)N(CC[C@H](NC(=O)[C@@H](N)CC(N)=O)C(=O)NCCNC(=O)CN1C(=O)C=CC1=O)C(=O)C=O. The molecule has 7 amide bonds. The van der Waals surface area contributed by atoms with E-state index in [1.165, 1.54) is 4.90 Å². The van der Waals surface area contributed by atoms with Gasteiger partial charge < -0.3 is 36.9 Å². The van der Waals surface area contributed by atoms with E-state index in [0.29, 0.717) is 11.3 Å². The molecule has 0 saturated carbocycles. The Bertz CT molecular complexity index is 2060. The average Bonchev–Trinajstić information content (AvgIpc) is 3.71. The Hall–Kier alpha value is -6.56. The van der Waals surface area contributed by atoms with Gasteiger partial charge in [-0.25, -0.2) is 8.78 Å². The molecular weight excluding hydrogens is 758 g/mol. The summed E-state index contributed by atoms with van der Waals surface area (Å²) in [6, 6.07) is 10.1. The molecule has 0 spiro atoms. The van der Waals surface area contributed by atoms with Crippen LogP contribution in [0.4, 0.5) is 8.78 Å². The Morgan fingerprint density at radius 3 is 2.19 bits per heavy atom. The van der Waals surface area contributed by atoms with Gasteiger partial charge in [-0.2, -0.15) is 0 Å². The lowest BCUT2D eigenvalue weighted by molar-refractivity contribution is -0.143. The van der Waals surface area contributed by atoms with E-state index in [9.17, 15) is 42.7 Å². The lowest BCUT2D eigenvalue weighted by Gasteiger charge is -2.40. The number of halogens is 2. The number of carbonyl (C=O) groups is 8. The molecule has 308 valence electrons. The van der Waals surface area contributed by atoms with Crippen molar-refractivity contribution in [2.45, 2.75) is 58.3 Å². The maximum atomic E-state index is 15.1. The summed E-state index contributed by atoms with van der Waals surface area (Å²) in [5.41, 5.74) is 11.8. The van der Waals surface area contributed by atoms with Gasteiger partial charge in [0.1, 0.15) is 24.2 Å². The van der Waals surface area contributed by atoms with E-state index < -0.39 is 89.5 Å². The second kappa shape index (κ2) is 19.5. The monoisotopic (exact) mass is 804 g/mol. The molecule has 0 saturated heterocycles. The van der Waals surface area contributed by atoms with E-state index in [1.54, 1.807) is 37.6 Å². The van der Waals surface area contributed by atoms with Crippen LogP contribution in [0, 0.1) is 17.0 Å². The quantitative estimate of drug-likeness (QED) is 0.0499. The number of aromatic nitrogens is 1. The van der Waals surface area contributed by atoms with Crippen LogP contribution < -0.4 is 27.4 Å². The predicted molar refractivity (Wildman–Crippen MR) is 206 cm³/mol. The number of rotatable bonds is 19. The molecule has 7 N–H and O–H groups in total. The van der Waals surface area contributed by atoms with Gasteiger partial charge >= 0.3 is 0 Å². The second-order valence-corrected chi connectivity index (χ2v) is 14.7. The maximum Gasteiger partial charge on any atom is 0.287 e. The van der Waals surface area contributed by atoms with Crippen molar-refractivity contribution in [2.24, 2.45) is 16.9 Å². The number of amides is 7. The summed E-state index contributed by atoms with van der Waals surface area (Å²) in [5.74, 6) is -6.90. The largest absolute Gasteiger partial charge is 0.370 e. The number of nitrogens with one attached hydrogen (secondary N) is 3. The minimum absolute atomic E-state index is 0.0352. The van der Waals surface area contributed by atoms with Crippen molar-refractivity contribution >= 4 is 47.6 Å². The minimum atomic E-state index is -1.43. The number of carbonyl (C=O) groups excluding carboxylic acids is 8. The molecule has 18 heteroatoms. The summed E-state index contributed by atoms with van der Waals surface area (Å²) in [6.45, 7) is 4.47. The van der Waals surface area contributed by atoms with Gasteiger partial charge in [-0.3, -0.25) is 43.3 Å². The Morgan fingerprint density at radius 1 is 0.914 bits per heavy atom. The lowest BCUT2D eigenvalue weighted by Crippen LogP contribution is -2.54. The van der Waals surface area contributed by atoms with Gasteiger partial charge in [0.2, 0.25) is 29.9 Å². The number of aldehydes is 1. The predicted octanol–water partition coefficient (Wildman–Crippen LogP) is 0.831. The molecule has 16 nitrogen and oxygen atoms in total. The second-order valence-electron chi connectivity index (χ2n) is 14.7. The number of hydrogen-bond acceptors (Lipinski definition) is 9. The Balaban J connectivity index is 1.63. The Kier molecular flexibility index (Phi) is 14.9. The molecule has 1 aromatic heterocycles. The summed E-state index contributed by atoms with van der Waals surface area (Å²) in [5, 5.41) is 7.49. The molecule has 1 aliphatic rings. The fourth-order valence-corrected chi connectivity index (χ4v) is 6.47. The Labute approximate surface area is 333 Å². The molecule has 58 heavy (non-hydrogen) atoms. The van der Waals surface area contributed by atoms with Crippen LogP contribution in [0.25, 0.3) is 11.1 Å². The average molecular weight is 805 g/mol. The summed E-state index contributed by atoms with van der Waals surface area (Å²) >= 11 is 0. The molecule has 4 rings (SSSR count). The highest BCUT2D eigenvalue weighted by Crippen LogP contribution is 2.41. The number of primary amides is 1. The van der Waals surface area contributed by atoms with Crippen LogP contribution in [0.3, 0.4) is 0 Å². The zero-order chi connectivity index (χ0) is 42.7. The third-order valence-corrected chi connectivity index (χ3v) is 9.16. The molecule has 0 unspecified atom stereocenters. The fraction of sp³-hybridized carbons (Fsp3) is 0.350. The highest BCUT2D eigenvalue weighted by Gasteiger charge is 2.38. The van der Waals surface area contributed by atoms with Gasteiger partial charge in [-0.1, -0.05) is 51.1 Å². The molecule has 2 aromatic carbocycles. The highest BCUT2D eigenvalue weighted by molar-refractivity contribution is 6.23. The van der Waals surface area contributed by atoms with Crippen molar-refractivity contribution in [3.8, 4) is 11.1 Å². The Morgan fingerprint density at radius 2 is 1.57 bits per heavy atom. The highest BCUT2D eigenvalue weighted by atomic mass is 19.1. The van der Waals surface area contributed by atoms with Crippen molar-refractivity contribution in [2.75, 3.05) is 26.2 Å². The maximum absolute atomic E-state index is 15.1. The first-order valence-electron chi connectivity index (χ1n) is 18.3. The van der Waals surface area contributed by atoms with Crippen LogP contribution in [-0.2, 0) is 44.9 Å². The first-order chi connectivity index (χ1) is 27.4. The van der Waals surface area contributed by atoms with Crippen LogP contribution in [0.2, 0.25) is 0 Å². The van der Waals surface area contributed by atoms with Crippen LogP contribution in [0.1, 0.15) is 50.9 Å². The number of hydrogen-bond donors (Lipinski definition) is 5. The number of benzene rings is 2. The van der Waals surface area contributed by atoms with Crippen LogP contribution in [-0.4, -0.2) is 100 Å². The molecule has 0 bridgehead atoms. The van der Waals surface area contributed by atoms with Crippen molar-refractivity contribution < 1.29 is 47.1 Å². The molecular formula is C40H46F2N8O8. The topological polar surface area (TPSA) is 236 Å². The van der Waals surface area contributed by atoms with E-state index >= 15 is 4.39 Å². The van der Waals surface area contributed by atoms with E-state index in [4.69, 9.17) is 11.5 Å². The van der Waals surface area contributed by atoms with E-state index in [1.807, 2.05) is 30.3 Å². The standard InChI is InChI=1S/C40H46F2N8O8/c1-40(2,3)37(31-17-25(27-18-26(41)9-10-28(27)42)21-48(31)20-24-7-5-4-6-8-24)49(36(56)23-51)16-13-30(47-38(57)29(43)19-32(44)52)39(58)46-15-14-45-33(53)22-50-34(54)11-12-35(50)55/h4-12,17-18,21,23,29-30,37H,13-16,19-20,22,43H2,1-3H3,(H2,44,52)(H,45,53)(H,46,58)(H,47,57)/t29-,30-,37-/m0/s1. The van der Waals surface area contributed by atoms with Crippen molar-refractivity contribution in [3.63, 3.8) is 0 Å². The van der Waals surface area contributed by atoms with Gasteiger partial charge in [-0.15, -0.1) is 0 Å². The zero-order valence-electron chi connectivity index (χ0n) is 32.2. The van der Waals surface area contributed by atoms with Gasteiger partial charge in [0.15, 0.2) is 0 Å². The number of imide groups is 1. The van der Waals surface area contributed by atoms with Gasteiger partial charge in [0.25, 0.3) is 17.7 Å². The van der Waals surface area contributed by atoms with Crippen molar-refractivity contribution in [1.82, 2.24) is 30.3 Å². The minimum Gasteiger partial charge on any atom is -0.370 e. The number of nitrogens with two attached hydrogens (primary N) is 2. The van der Waals surface area contributed by atoms with Crippen LogP contribution in [0.5, 0.6) is 0 Å². The summed E-state index contributed by atoms with van der Waals surface area (Å²) < 4.78 is 31.3. The summed E-state index contributed by atoms with van der Waals surface area (Å²) in [7, 11) is 0. The van der Waals surface area contributed by atoms with Crippen LogP contribution >= 0.6 is 0 Å². The first kappa shape index (κ1) is 44.2. The lowest BCUT2D eigenvalue weighted by atomic mass is 9.82. The third-order valence-electron chi connectivity index (χ3n) is 9.16. The molecule has 0 fully saturated rings. The van der Waals surface area contributed by atoms with Gasteiger partial charge in [-0.05, 0) is 41.7 Å². The first-order valence-corrected chi connectivity index (χ1v) is 18.3. The van der Waals surface area contributed by atoms with Crippen LogP contribution in [0.15, 0.2) is 72.9 Å². The molecule has 3 aromatic rings. The molecule has 0 radical (unpaired) electrons. The van der Waals surface area contributed by atoms with Crippen molar-refractivity contribution in [1.29, 1.82) is 0 Å². The number of nitrogens with zero attached hydrogens (tertiary/aromatic N) is 3. The molecule has 1 aliphatic heterocycles. The molecule has 2 heterocycles. The van der Waals surface area contributed by atoms with Crippen molar-refractivity contribution in [3.05, 3.63) is 95.8 Å². The van der Waals surface area contributed by atoms with Gasteiger partial charge in [0, 0.05) is 61.3 Å². The third kappa shape index (κ3) is 11.7. The smallest absolute Gasteiger partial charge is 0.287 e. The molecule has 3 atom stereocenters. The molecule has 0 aliphatic carbocycles. The van der Waals surface area contributed by atoms with E-state index in [-0.39, 0.29) is 44.4 Å². The van der Waals surface area contributed by atoms with Gasteiger partial charge in [0.05, 0.1) is 18.5 Å². The zero-order valence-corrected chi connectivity index (χ0v) is 32.2. The van der Waals surface area contributed by atoms with E-state index in [2.05, 4.69) is 16.0 Å². The van der Waals surface area contributed by atoms with E-state index in [0.717, 1.165) is 40.8 Å².